The molecule has 252 valence electrons. The molecule has 1 aliphatic carbocycles. The molecule has 0 saturated heterocycles. The minimum Gasteiger partial charge on any atom is -0.310 e. The molecule has 0 N–H and O–H groups in total. The van der Waals surface area contributed by atoms with Crippen LogP contribution < -0.4 is 4.90 Å². The topological polar surface area (TPSA) is 3.24 Å². The van der Waals surface area contributed by atoms with Crippen LogP contribution in [0.2, 0.25) is 0 Å². The molecule has 8 aromatic carbocycles. The van der Waals surface area contributed by atoms with Gasteiger partial charge in [0.2, 0.25) is 0 Å². The molecule has 1 nitrogen and oxygen atoms in total. The third kappa shape index (κ3) is 5.23. The standard InChI is InChI=1S/C51H43N/c1-50(2,3)37-26-30-39(31-27-37)52(47-20-12-14-36-13-6-7-15-40(36)47)38-28-23-34(24-29-38)21-22-35-25-32-45-46(33-35)51(4,5)49-44-19-11-9-17-42(44)41-16-8-10-18-43(41)48(45)49/h6-33H,1-5H3/b22-21+. The molecule has 0 unspecified atom stereocenters. The lowest BCUT2D eigenvalue weighted by Gasteiger charge is -2.28. The summed E-state index contributed by atoms with van der Waals surface area (Å²) in [4.78, 5) is 2.38. The van der Waals surface area contributed by atoms with Crippen LogP contribution in [0.3, 0.4) is 0 Å². The molecule has 0 radical (unpaired) electrons. The van der Waals surface area contributed by atoms with Crippen LogP contribution in [-0.4, -0.2) is 0 Å². The average molecular weight is 670 g/mol. The van der Waals surface area contributed by atoms with Gasteiger partial charge in [0.25, 0.3) is 0 Å². The van der Waals surface area contributed by atoms with Gasteiger partial charge in [-0.2, -0.15) is 0 Å². The van der Waals surface area contributed by atoms with Crippen molar-refractivity contribution < 1.29 is 0 Å². The monoisotopic (exact) mass is 669 g/mol. The predicted molar refractivity (Wildman–Crippen MR) is 225 cm³/mol. The van der Waals surface area contributed by atoms with Crippen molar-refractivity contribution in [3.63, 3.8) is 0 Å². The van der Waals surface area contributed by atoms with Gasteiger partial charge in [-0.15, -0.1) is 0 Å². The van der Waals surface area contributed by atoms with E-state index in [1.165, 1.54) is 76.9 Å². The Morgan fingerprint density at radius 2 is 1.04 bits per heavy atom. The van der Waals surface area contributed by atoms with Crippen molar-refractivity contribution >= 4 is 61.5 Å². The third-order valence-corrected chi connectivity index (χ3v) is 11.2. The highest BCUT2D eigenvalue weighted by Crippen LogP contribution is 2.54. The van der Waals surface area contributed by atoms with Gasteiger partial charge in [0.1, 0.15) is 0 Å². The number of nitrogens with zero attached hydrogens (tertiary/aromatic N) is 1. The zero-order valence-corrected chi connectivity index (χ0v) is 30.6. The number of hydrogen-bond acceptors (Lipinski definition) is 1. The Bertz CT molecular complexity index is 2660. The summed E-state index contributed by atoms with van der Waals surface area (Å²) in [6.07, 6.45) is 4.50. The minimum absolute atomic E-state index is 0.0953. The maximum absolute atomic E-state index is 2.41. The number of hydrogen-bond donors (Lipinski definition) is 0. The van der Waals surface area contributed by atoms with Crippen molar-refractivity contribution in [1.82, 2.24) is 0 Å². The Balaban J connectivity index is 1.07. The van der Waals surface area contributed by atoms with Gasteiger partial charge in [-0.05, 0) is 102 Å². The van der Waals surface area contributed by atoms with Crippen LogP contribution in [0.5, 0.6) is 0 Å². The normalized spacial score (nSPS) is 13.6. The van der Waals surface area contributed by atoms with E-state index in [-0.39, 0.29) is 10.8 Å². The summed E-state index contributed by atoms with van der Waals surface area (Å²) in [6.45, 7) is 11.6. The van der Waals surface area contributed by atoms with E-state index < -0.39 is 0 Å². The fourth-order valence-electron chi connectivity index (χ4n) is 8.47. The maximum atomic E-state index is 2.41. The summed E-state index contributed by atoms with van der Waals surface area (Å²) in [6, 6.07) is 58.1. The highest BCUT2D eigenvalue weighted by molar-refractivity contribution is 6.18. The molecule has 9 rings (SSSR count). The second-order valence-corrected chi connectivity index (χ2v) is 15.8. The smallest absolute Gasteiger partial charge is 0.0540 e. The van der Waals surface area contributed by atoms with Crippen molar-refractivity contribution in [3.05, 3.63) is 186 Å². The van der Waals surface area contributed by atoms with Gasteiger partial charge in [-0.25, -0.2) is 0 Å². The highest BCUT2D eigenvalue weighted by atomic mass is 15.1. The van der Waals surface area contributed by atoms with Gasteiger partial charge in [0, 0.05) is 22.2 Å². The van der Waals surface area contributed by atoms with Crippen LogP contribution in [0.4, 0.5) is 17.1 Å². The molecule has 0 saturated carbocycles. The molecule has 0 aliphatic heterocycles. The molecule has 0 spiro atoms. The van der Waals surface area contributed by atoms with Crippen LogP contribution in [0.25, 0.3) is 55.6 Å². The summed E-state index contributed by atoms with van der Waals surface area (Å²) in [5.74, 6) is 0. The van der Waals surface area contributed by atoms with Crippen molar-refractivity contribution in [2.75, 3.05) is 4.90 Å². The largest absolute Gasteiger partial charge is 0.310 e. The minimum atomic E-state index is -0.115. The first-order chi connectivity index (χ1) is 25.2. The molecule has 0 fully saturated rings. The fraction of sp³-hybridized carbons (Fsp3) is 0.137. The molecule has 0 aromatic heterocycles. The summed E-state index contributed by atoms with van der Waals surface area (Å²) < 4.78 is 0. The SMILES string of the molecule is CC(C)(C)c1ccc(N(c2ccc(/C=C/c3ccc4c(c3)C(C)(C)c3c-4c4ccccc4c4ccccc34)cc2)c2cccc3ccccc23)cc1. The number of benzene rings is 8. The lowest BCUT2D eigenvalue weighted by molar-refractivity contribution is 0.590. The van der Waals surface area contributed by atoms with Gasteiger partial charge in [-0.3, -0.25) is 0 Å². The van der Waals surface area contributed by atoms with Gasteiger partial charge in [0.05, 0.1) is 5.69 Å². The van der Waals surface area contributed by atoms with Gasteiger partial charge < -0.3 is 4.90 Å². The molecule has 52 heavy (non-hydrogen) atoms. The molecular weight excluding hydrogens is 627 g/mol. The first-order valence-electron chi connectivity index (χ1n) is 18.4. The molecule has 0 bridgehead atoms. The van der Waals surface area contributed by atoms with Crippen LogP contribution in [0, 0.1) is 0 Å². The Hall–Kier alpha value is -5.92. The molecule has 1 aliphatic rings. The summed E-state index contributed by atoms with van der Waals surface area (Å²) >= 11 is 0. The van der Waals surface area contributed by atoms with Crippen LogP contribution in [-0.2, 0) is 10.8 Å². The Kier molecular flexibility index (Phi) is 7.45. The second-order valence-electron chi connectivity index (χ2n) is 15.8. The summed E-state index contributed by atoms with van der Waals surface area (Å²) in [5, 5.41) is 7.83. The van der Waals surface area contributed by atoms with Crippen molar-refractivity contribution in [2.45, 2.75) is 45.4 Å². The molecule has 8 aromatic rings. The van der Waals surface area contributed by atoms with Crippen LogP contribution in [0.1, 0.15) is 62.4 Å². The van der Waals surface area contributed by atoms with Crippen molar-refractivity contribution in [1.29, 1.82) is 0 Å². The van der Waals surface area contributed by atoms with E-state index in [1.807, 2.05) is 0 Å². The first-order valence-corrected chi connectivity index (χ1v) is 18.4. The molecule has 0 amide bonds. The molecule has 0 atom stereocenters. The van der Waals surface area contributed by atoms with Gasteiger partial charge in [0.15, 0.2) is 0 Å². The number of anilines is 3. The quantitative estimate of drug-likeness (QED) is 0.130. The maximum Gasteiger partial charge on any atom is 0.0540 e. The van der Waals surface area contributed by atoms with Crippen molar-refractivity contribution in [3.8, 4) is 11.1 Å². The van der Waals surface area contributed by atoms with E-state index in [9.17, 15) is 0 Å². The van der Waals surface area contributed by atoms with Gasteiger partial charge >= 0.3 is 0 Å². The Morgan fingerprint density at radius 1 is 0.500 bits per heavy atom. The first kappa shape index (κ1) is 32.0. The number of rotatable bonds is 5. The van der Waals surface area contributed by atoms with E-state index in [0.717, 1.165) is 11.4 Å². The molecule has 1 heteroatoms. The summed E-state index contributed by atoms with van der Waals surface area (Å²) in [5.41, 5.74) is 12.7. The zero-order valence-electron chi connectivity index (χ0n) is 30.6. The van der Waals surface area contributed by atoms with E-state index in [2.05, 4.69) is 209 Å². The van der Waals surface area contributed by atoms with Crippen LogP contribution >= 0.6 is 0 Å². The molecular formula is C51H43N. The Labute approximate surface area is 307 Å². The summed E-state index contributed by atoms with van der Waals surface area (Å²) in [7, 11) is 0. The predicted octanol–water partition coefficient (Wildman–Crippen LogP) is 14.4. The average Bonchev–Trinajstić information content (AvgIpc) is 3.41. The molecule has 0 heterocycles. The van der Waals surface area contributed by atoms with E-state index in [0.29, 0.717) is 0 Å². The van der Waals surface area contributed by atoms with Crippen molar-refractivity contribution in [2.24, 2.45) is 0 Å². The Morgan fingerprint density at radius 3 is 1.73 bits per heavy atom. The van der Waals surface area contributed by atoms with E-state index in [4.69, 9.17) is 0 Å². The van der Waals surface area contributed by atoms with Gasteiger partial charge in [-0.1, -0.05) is 174 Å². The highest BCUT2D eigenvalue weighted by Gasteiger charge is 2.38. The second kappa shape index (κ2) is 12.1. The van der Waals surface area contributed by atoms with E-state index >= 15 is 0 Å². The third-order valence-electron chi connectivity index (χ3n) is 11.2. The van der Waals surface area contributed by atoms with E-state index in [1.54, 1.807) is 0 Å². The lowest BCUT2D eigenvalue weighted by Crippen LogP contribution is -2.15. The van der Waals surface area contributed by atoms with Crippen LogP contribution in [0.15, 0.2) is 158 Å². The lowest BCUT2D eigenvalue weighted by atomic mass is 9.79. The zero-order chi connectivity index (χ0) is 35.6. The number of fused-ring (bicyclic) bond motifs is 9. The fourth-order valence-corrected chi connectivity index (χ4v) is 8.47.